The Hall–Kier alpha value is -2.98. The fraction of sp³-hybridized carbons (Fsp3) is 0.345. The lowest BCUT2D eigenvalue weighted by atomic mass is 9.90. The maximum Gasteiger partial charge on any atom is 0.248 e. The molecule has 3 aromatic rings. The number of carbonyl (C=O) groups excluding carboxylic acids is 1. The molecule has 1 saturated heterocycles. The van der Waals surface area contributed by atoms with Crippen LogP contribution in [0.2, 0.25) is 5.02 Å². The van der Waals surface area contributed by atoms with E-state index in [1.54, 1.807) is 30.3 Å². The molecule has 5 unspecified atom stereocenters. The molecule has 0 radical (unpaired) electrons. The molecule has 0 aromatic heterocycles. The van der Waals surface area contributed by atoms with E-state index >= 15 is 0 Å². The molecule has 0 aliphatic carbocycles. The number of ether oxygens (including phenoxy) is 2. The number of amides is 1. The zero-order valence-electron chi connectivity index (χ0n) is 21.1. The summed E-state index contributed by atoms with van der Waals surface area (Å²) < 4.78 is 11.6. The van der Waals surface area contributed by atoms with E-state index in [0.717, 1.165) is 22.4 Å². The average Bonchev–Trinajstić information content (AvgIpc) is 2.91. The van der Waals surface area contributed by atoms with Crippen molar-refractivity contribution in [3.8, 4) is 5.75 Å². The van der Waals surface area contributed by atoms with Gasteiger partial charge in [-0.2, -0.15) is 0 Å². The van der Waals surface area contributed by atoms with Gasteiger partial charge in [-0.25, -0.2) is 0 Å². The van der Waals surface area contributed by atoms with E-state index in [9.17, 15) is 20.1 Å². The third-order valence-corrected chi connectivity index (χ3v) is 6.99. The van der Waals surface area contributed by atoms with Crippen molar-refractivity contribution in [3.63, 3.8) is 0 Å². The van der Waals surface area contributed by atoms with E-state index in [0.29, 0.717) is 35.7 Å². The molecular formula is C29H33ClN2O6. The van der Waals surface area contributed by atoms with Crippen molar-refractivity contribution < 1.29 is 29.6 Å². The zero-order valence-corrected chi connectivity index (χ0v) is 21.8. The van der Waals surface area contributed by atoms with E-state index in [2.05, 4.69) is 5.32 Å². The monoisotopic (exact) mass is 540 g/mol. The smallest absolute Gasteiger partial charge is 0.248 e. The maximum absolute atomic E-state index is 11.4. The highest BCUT2D eigenvalue weighted by molar-refractivity contribution is 6.31. The van der Waals surface area contributed by atoms with Crippen molar-refractivity contribution in [2.45, 2.75) is 50.4 Å². The maximum atomic E-state index is 11.4. The molecule has 0 bridgehead atoms. The van der Waals surface area contributed by atoms with Crippen LogP contribution in [0.1, 0.15) is 45.6 Å². The number of nitrogens with two attached hydrogens (primary N) is 1. The van der Waals surface area contributed by atoms with Gasteiger partial charge < -0.3 is 35.8 Å². The second kappa shape index (κ2) is 12.7. The molecule has 1 aliphatic rings. The summed E-state index contributed by atoms with van der Waals surface area (Å²) in [6, 6.07) is 20.0. The summed E-state index contributed by atoms with van der Waals surface area (Å²) in [5.41, 5.74) is 9.11. The summed E-state index contributed by atoms with van der Waals surface area (Å²) >= 11 is 6.48. The summed E-state index contributed by atoms with van der Waals surface area (Å²) in [6.07, 6.45) is -5.11. The summed E-state index contributed by atoms with van der Waals surface area (Å²) in [5.74, 6) is 0.283. The molecule has 8 nitrogen and oxygen atoms in total. The fourth-order valence-electron chi connectivity index (χ4n) is 4.59. The third-order valence-electron chi connectivity index (χ3n) is 6.63. The van der Waals surface area contributed by atoms with Gasteiger partial charge in [0, 0.05) is 23.7 Å². The van der Waals surface area contributed by atoms with E-state index < -0.39 is 36.4 Å². The van der Waals surface area contributed by atoms with Crippen LogP contribution in [0.3, 0.4) is 0 Å². The van der Waals surface area contributed by atoms with Gasteiger partial charge in [-0.1, -0.05) is 48.0 Å². The van der Waals surface area contributed by atoms with E-state index in [1.807, 2.05) is 43.3 Å². The summed E-state index contributed by atoms with van der Waals surface area (Å²) in [5, 5.41) is 35.7. The fourth-order valence-corrected chi connectivity index (χ4v) is 4.77. The number of hydrogen-bond acceptors (Lipinski definition) is 7. The predicted octanol–water partition coefficient (Wildman–Crippen LogP) is 2.74. The lowest BCUT2D eigenvalue weighted by Crippen LogP contribution is -2.56. The summed E-state index contributed by atoms with van der Waals surface area (Å²) in [6.45, 7) is 3.12. The number of hydrogen-bond donors (Lipinski definition) is 5. The molecule has 1 amide bonds. The van der Waals surface area contributed by atoms with Crippen LogP contribution in [0.4, 0.5) is 0 Å². The number of halogens is 1. The molecule has 1 fully saturated rings. The second-order valence-corrected chi connectivity index (χ2v) is 9.77. The number of aliphatic hydroxyl groups excluding tert-OH is 3. The zero-order chi connectivity index (χ0) is 27.2. The molecule has 3 aromatic carbocycles. The Balaban J connectivity index is 1.45. The van der Waals surface area contributed by atoms with E-state index in [-0.39, 0.29) is 6.54 Å². The van der Waals surface area contributed by atoms with Crippen LogP contribution in [-0.2, 0) is 17.7 Å². The predicted molar refractivity (Wildman–Crippen MR) is 144 cm³/mol. The Bertz CT molecular complexity index is 1240. The highest BCUT2D eigenvalue weighted by Gasteiger charge is 2.44. The molecular weight excluding hydrogens is 508 g/mol. The normalized spacial score (nSPS) is 23.2. The number of aliphatic hydroxyl groups is 3. The van der Waals surface area contributed by atoms with Gasteiger partial charge in [-0.3, -0.25) is 4.79 Å². The van der Waals surface area contributed by atoms with Gasteiger partial charge in [-0.05, 0) is 65.9 Å². The minimum atomic E-state index is -1.40. The van der Waals surface area contributed by atoms with Crippen LogP contribution >= 0.6 is 11.6 Å². The van der Waals surface area contributed by atoms with Gasteiger partial charge in [-0.15, -0.1) is 0 Å². The Labute approximate surface area is 227 Å². The van der Waals surface area contributed by atoms with Gasteiger partial charge in [0.25, 0.3) is 0 Å². The number of primary amides is 1. The first-order valence-electron chi connectivity index (χ1n) is 12.6. The average molecular weight is 541 g/mol. The SMILES string of the molecule is CCOc1ccc(Cc2cc(C3OC(CNCc4cccc(C(N)=O)c4)C(O)C(O)C3O)ccc2Cl)cc1. The number of nitrogens with one attached hydrogen (secondary N) is 1. The topological polar surface area (TPSA) is 134 Å². The third kappa shape index (κ3) is 6.71. The highest BCUT2D eigenvalue weighted by Crippen LogP contribution is 2.34. The number of benzene rings is 3. The van der Waals surface area contributed by atoms with E-state index in [4.69, 9.17) is 26.8 Å². The molecule has 0 spiro atoms. The second-order valence-electron chi connectivity index (χ2n) is 9.37. The van der Waals surface area contributed by atoms with Gasteiger partial charge in [0.05, 0.1) is 12.7 Å². The molecule has 6 N–H and O–H groups in total. The Morgan fingerprint density at radius 2 is 1.76 bits per heavy atom. The van der Waals surface area contributed by atoms with Gasteiger partial charge in [0.15, 0.2) is 0 Å². The lowest BCUT2D eigenvalue weighted by Gasteiger charge is -2.41. The van der Waals surface area contributed by atoms with Crippen LogP contribution in [0.25, 0.3) is 0 Å². The van der Waals surface area contributed by atoms with Crippen LogP contribution in [0.5, 0.6) is 5.75 Å². The quantitative estimate of drug-likeness (QED) is 0.267. The van der Waals surface area contributed by atoms with Crippen molar-refractivity contribution in [1.29, 1.82) is 0 Å². The molecule has 0 saturated carbocycles. The van der Waals surface area contributed by atoms with Gasteiger partial charge in [0.1, 0.15) is 30.2 Å². The Kier molecular flexibility index (Phi) is 9.38. The van der Waals surface area contributed by atoms with Crippen molar-refractivity contribution in [2.24, 2.45) is 5.73 Å². The standard InChI is InChI=1S/C29H33ClN2O6/c1-2-37-22-9-6-17(7-10-22)12-21-14-19(8-11-23(21)30)28-27(35)26(34)25(33)24(38-28)16-32-15-18-4-3-5-20(13-18)29(31)36/h3-11,13-14,24-28,32-35H,2,12,15-16H2,1H3,(H2,31,36). The first-order valence-corrected chi connectivity index (χ1v) is 12.9. The Morgan fingerprint density at radius 1 is 1.00 bits per heavy atom. The Morgan fingerprint density at radius 3 is 2.47 bits per heavy atom. The molecule has 5 atom stereocenters. The first-order chi connectivity index (χ1) is 18.3. The van der Waals surface area contributed by atoms with Gasteiger partial charge in [0.2, 0.25) is 5.91 Å². The largest absolute Gasteiger partial charge is 0.494 e. The molecule has 4 rings (SSSR count). The molecule has 1 heterocycles. The number of rotatable bonds is 10. The molecule has 202 valence electrons. The lowest BCUT2D eigenvalue weighted by molar-refractivity contribution is -0.223. The molecule has 1 aliphatic heterocycles. The minimum Gasteiger partial charge on any atom is -0.494 e. The van der Waals surface area contributed by atoms with Crippen molar-refractivity contribution in [1.82, 2.24) is 5.32 Å². The summed E-state index contributed by atoms with van der Waals surface area (Å²) in [4.78, 5) is 11.4. The highest BCUT2D eigenvalue weighted by atomic mass is 35.5. The van der Waals surface area contributed by atoms with Crippen molar-refractivity contribution in [2.75, 3.05) is 13.2 Å². The van der Waals surface area contributed by atoms with Crippen LogP contribution < -0.4 is 15.8 Å². The van der Waals surface area contributed by atoms with E-state index in [1.165, 1.54) is 0 Å². The van der Waals surface area contributed by atoms with Crippen LogP contribution in [-0.4, -0.2) is 58.8 Å². The minimum absolute atomic E-state index is 0.203. The molecule has 9 heteroatoms. The van der Waals surface area contributed by atoms with Crippen LogP contribution in [0.15, 0.2) is 66.7 Å². The van der Waals surface area contributed by atoms with Crippen molar-refractivity contribution >= 4 is 17.5 Å². The van der Waals surface area contributed by atoms with Crippen LogP contribution in [0, 0.1) is 0 Å². The molecule has 38 heavy (non-hydrogen) atoms. The number of carbonyl (C=O) groups is 1. The van der Waals surface area contributed by atoms with Crippen molar-refractivity contribution in [3.05, 3.63) is 99.6 Å². The first kappa shape index (κ1) is 28.0. The van der Waals surface area contributed by atoms with Gasteiger partial charge >= 0.3 is 0 Å². The summed E-state index contributed by atoms with van der Waals surface area (Å²) in [7, 11) is 0.